The average molecular weight is 335 g/mol. The van der Waals surface area contributed by atoms with Gasteiger partial charge in [0.25, 0.3) is 0 Å². The van der Waals surface area contributed by atoms with Crippen LogP contribution in [-0.4, -0.2) is 41.9 Å². The van der Waals surface area contributed by atoms with Crippen LogP contribution in [0.4, 0.5) is 5.69 Å². The van der Waals surface area contributed by atoms with Gasteiger partial charge in [0.2, 0.25) is 0 Å². The summed E-state index contributed by atoms with van der Waals surface area (Å²) in [5, 5.41) is 10.4. The number of carboxylic acids is 1. The smallest absolute Gasteiger partial charge is 0.303 e. The highest BCUT2D eigenvalue weighted by atomic mass is 32.2. The fourth-order valence-electron chi connectivity index (χ4n) is 2.41. The summed E-state index contributed by atoms with van der Waals surface area (Å²) >= 11 is 0. The second kappa shape index (κ2) is 7.02. The van der Waals surface area contributed by atoms with Crippen LogP contribution in [0.3, 0.4) is 0 Å². The molecule has 2 aromatic carbocycles. The number of rotatable bonds is 7. The van der Waals surface area contributed by atoms with Crippen molar-refractivity contribution in [1.29, 1.82) is 0 Å². The Morgan fingerprint density at radius 3 is 2.52 bits per heavy atom. The first-order chi connectivity index (χ1) is 10.8. The van der Waals surface area contributed by atoms with E-state index in [2.05, 4.69) is 5.87 Å². The molecule has 0 aliphatic carbocycles. The van der Waals surface area contributed by atoms with Gasteiger partial charge < -0.3 is 10.0 Å². The molecule has 5 nitrogen and oxygen atoms in total. The molecule has 0 heterocycles. The Bertz CT molecular complexity index is 812. The number of benzene rings is 2. The van der Waals surface area contributed by atoms with Crippen LogP contribution >= 0.6 is 0 Å². The van der Waals surface area contributed by atoms with Crippen molar-refractivity contribution in [3.05, 3.63) is 36.4 Å². The summed E-state index contributed by atoms with van der Waals surface area (Å²) in [6, 6.07) is 11.3. The van der Waals surface area contributed by atoms with E-state index in [9.17, 15) is 9.00 Å². The molecular formula is C17H21NO4S. The maximum atomic E-state index is 12.8. The lowest BCUT2D eigenvalue weighted by Crippen LogP contribution is -2.11. The average Bonchev–Trinajstić information content (AvgIpc) is 2.50. The van der Waals surface area contributed by atoms with E-state index in [0.29, 0.717) is 11.3 Å². The van der Waals surface area contributed by atoms with Crippen molar-refractivity contribution in [1.82, 2.24) is 0 Å². The maximum Gasteiger partial charge on any atom is 0.303 e. The summed E-state index contributed by atoms with van der Waals surface area (Å²) in [7, 11) is 0.961. The van der Waals surface area contributed by atoms with Gasteiger partial charge >= 0.3 is 5.97 Å². The molecule has 1 unspecified atom stereocenters. The molecule has 0 aliphatic heterocycles. The lowest BCUT2D eigenvalue weighted by Gasteiger charge is -2.18. The molecule has 0 amide bonds. The second-order valence-electron chi connectivity index (χ2n) is 5.46. The van der Waals surface area contributed by atoms with Crippen LogP contribution in [0.25, 0.3) is 10.8 Å². The highest BCUT2D eigenvalue weighted by Gasteiger charge is 2.14. The maximum absolute atomic E-state index is 12.8. The lowest BCUT2D eigenvalue weighted by molar-refractivity contribution is -0.137. The van der Waals surface area contributed by atoms with Gasteiger partial charge in [0.05, 0.1) is 11.5 Å². The Labute approximate surface area is 136 Å². The zero-order valence-electron chi connectivity index (χ0n) is 13.3. The van der Waals surface area contributed by atoms with Gasteiger partial charge in [-0.2, -0.15) is 0 Å². The zero-order valence-corrected chi connectivity index (χ0v) is 14.1. The van der Waals surface area contributed by atoms with Crippen molar-refractivity contribution in [2.75, 3.05) is 25.6 Å². The Hall–Kier alpha value is -2.05. The molecule has 2 rings (SSSR count). The minimum Gasteiger partial charge on any atom is -0.481 e. The number of nitrogens with zero attached hydrogens (tertiary/aromatic N) is 1. The van der Waals surface area contributed by atoms with Crippen LogP contribution in [-0.2, 0) is 18.8 Å². The molecule has 1 N–H and O–H groups in total. The molecule has 0 aromatic heterocycles. The standard InChI is InChI=1S/C17H21NO4S/c1-18(2)15-9-4-8-14-13(15)7-5-10-16(14)23(3,21)22-12-6-11-17(19)20/h4-5,7-10H,3,6,11-12H2,1-2H3,(H,19,20). The fourth-order valence-corrected chi connectivity index (χ4v) is 3.72. The van der Waals surface area contributed by atoms with E-state index in [4.69, 9.17) is 9.29 Å². The van der Waals surface area contributed by atoms with Gasteiger partial charge in [0.1, 0.15) is 9.80 Å². The Morgan fingerprint density at radius 2 is 1.87 bits per heavy atom. The van der Waals surface area contributed by atoms with Crippen LogP contribution in [0, 0.1) is 0 Å². The van der Waals surface area contributed by atoms with Gasteiger partial charge in [-0.1, -0.05) is 24.3 Å². The topological polar surface area (TPSA) is 66.8 Å². The van der Waals surface area contributed by atoms with Crippen molar-refractivity contribution < 1.29 is 18.3 Å². The second-order valence-corrected chi connectivity index (χ2v) is 7.36. The van der Waals surface area contributed by atoms with E-state index in [-0.39, 0.29) is 13.0 Å². The van der Waals surface area contributed by atoms with Crippen molar-refractivity contribution >= 4 is 38.1 Å². The monoisotopic (exact) mass is 335 g/mol. The van der Waals surface area contributed by atoms with Crippen molar-refractivity contribution in [3.63, 3.8) is 0 Å². The summed E-state index contributed by atoms with van der Waals surface area (Å²) < 4.78 is 18.2. The van der Waals surface area contributed by atoms with Crippen LogP contribution in [0.15, 0.2) is 41.3 Å². The van der Waals surface area contributed by atoms with Crippen LogP contribution in [0.2, 0.25) is 0 Å². The van der Waals surface area contributed by atoms with Crippen molar-refractivity contribution in [3.8, 4) is 0 Å². The van der Waals surface area contributed by atoms with Gasteiger partial charge in [0.15, 0.2) is 0 Å². The number of hydrogen-bond acceptors (Lipinski definition) is 4. The highest BCUT2D eigenvalue weighted by Crippen LogP contribution is 2.30. The van der Waals surface area contributed by atoms with Gasteiger partial charge in [-0.15, -0.1) is 0 Å². The van der Waals surface area contributed by atoms with Crippen LogP contribution in [0.5, 0.6) is 0 Å². The quantitative estimate of drug-likeness (QED) is 0.622. The number of aliphatic carboxylic acids is 1. The minimum absolute atomic E-state index is 0.0180. The van der Waals surface area contributed by atoms with Gasteiger partial charge in [-0.3, -0.25) is 8.98 Å². The van der Waals surface area contributed by atoms with Crippen LogP contribution in [0.1, 0.15) is 12.8 Å². The van der Waals surface area contributed by atoms with E-state index in [1.54, 1.807) is 6.07 Å². The first-order valence-corrected chi connectivity index (χ1v) is 8.90. The molecule has 0 saturated carbocycles. The van der Waals surface area contributed by atoms with E-state index in [1.165, 1.54) is 0 Å². The lowest BCUT2D eigenvalue weighted by atomic mass is 10.1. The molecule has 0 fully saturated rings. The molecule has 23 heavy (non-hydrogen) atoms. The van der Waals surface area contributed by atoms with Gasteiger partial charge in [-0.05, 0) is 24.4 Å². The summed E-state index contributed by atoms with van der Waals surface area (Å²) in [6.45, 7) is 0.0956. The largest absolute Gasteiger partial charge is 0.481 e. The summed E-state index contributed by atoms with van der Waals surface area (Å²) in [5.41, 5.74) is 1.02. The van der Waals surface area contributed by atoms with Gasteiger partial charge in [0, 0.05) is 37.0 Å². The van der Waals surface area contributed by atoms with Crippen LogP contribution < -0.4 is 4.90 Å². The highest BCUT2D eigenvalue weighted by molar-refractivity contribution is 7.96. The van der Waals surface area contributed by atoms with E-state index in [1.807, 2.05) is 49.3 Å². The number of anilines is 1. The molecule has 6 heteroatoms. The fraction of sp³-hybridized carbons (Fsp3) is 0.294. The predicted molar refractivity (Wildman–Crippen MR) is 94.6 cm³/mol. The zero-order chi connectivity index (χ0) is 17.0. The number of carbonyl (C=O) groups is 1. The third-order valence-electron chi connectivity index (χ3n) is 3.48. The van der Waals surface area contributed by atoms with Gasteiger partial charge in [-0.25, -0.2) is 4.21 Å². The van der Waals surface area contributed by atoms with E-state index in [0.717, 1.165) is 16.5 Å². The molecule has 124 valence electrons. The molecule has 1 atom stereocenters. The Balaban J connectivity index is 2.35. The third-order valence-corrected chi connectivity index (χ3v) is 5.06. The molecule has 2 aromatic rings. The minimum atomic E-state index is -2.94. The number of carboxylic acid groups (broad SMARTS) is 1. The summed E-state index contributed by atoms with van der Waals surface area (Å²) in [5.74, 6) is 2.83. The third kappa shape index (κ3) is 4.03. The molecule has 0 aliphatic rings. The Kier molecular flexibility index (Phi) is 5.28. The summed E-state index contributed by atoms with van der Waals surface area (Å²) in [6.07, 6.45) is 0.283. The number of fused-ring (bicyclic) bond motifs is 1. The predicted octanol–water partition coefficient (Wildman–Crippen LogP) is 2.78. The molecule has 0 radical (unpaired) electrons. The molecular weight excluding hydrogens is 314 g/mol. The molecule has 0 spiro atoms. The summed E-state index contributed by atoms with van der Waals surface area (Å²) in [4.78, 5) is 13.0. The van der Waals surface area contributed by atoms with Crippen molar-refractivity contribution in [2.24, 2.45) is 0 Å². The Morgan fingerprint density at radius 1 is 1.22 bits per heavy atom. The first-order valence-electron chi connectivity index (χ1n) is 7.25. The molecule has 0 saturated heterocycles. The normalized spacial score (nSPS) is 13.7. The number of hydrogen-bond donors (Lipinski definition) is 1. The van der Waals surface area contributed by atoms with Crippen molar-refractivity contribution in [2.45, 2.75) is 17.7 Å². The first kappa shape index (κ1) is 17.3. The van der Waals surface area contributed by atoms with E-state index >= 15 is 0 Å². The SMILES string of the molecule is C=S(=O)(OCCCC(=O)O)c1cccc2c(N(C)C)cccc12. The molecule has 0 bridgehead atoms. The van der Waals surface area contributed by atoms with E-state index < -0.39 is 15.8 Å².